The van der Waals surface area contributed by atoms with Gasteiger partial charge in [-0.3, -0.25) is 4.79 Å². The van der Waals surface area contributed by atoms with E-state index in [-0.39, 0.29) is 10.9 Å². The number of carbonyl (C=O) groups is 1. The lowest BCUT2D eigenvalue weighted by molar-refractivity contribution is -0.114. The van der Waals surface area contributed by atoms with Gasteiger partial charge in [0.05, 0.1) is 16.9 Å². The SMILES string of the molecule is CC(=O)Nc1cc(Nc2cc(C)cc(S(C)(=O)=O)n2)c(-c2nc3c(s2)CN(C)CC3)cn1. The van der Waals surface area contributed by atoms with Crippen LogP contribution in [-0.2, 0) is 27.6 Å². The molecule has 0 spiro atoms. The summed E-state index contributed by atoms with van der Waals surface area (Å²) >= 11 is 1.61. The van der Waals surface area contributed by atoms with Gasteiger partial charge in [0.2, 0.25) is 5.91 Å². The molecule has 11 heteroatoms. The van der Waals surface area contributed by atoms with Crippen molar-refractivity contribution in [3.8, 4) is 10.6 Å². The first-order valence-electron chi connectivity index (χ1n) is 9.99. The molecule has 4 heterocycles. The Morgan fingerprint density at radius 3 is 2.69 bits per heavy atom. The van der Waals surface area contributed by atoms with Crippen LogP contribution in [0.1, 0.15) is 23.1 Å². The Morgan fingerprint density at radius 2 is 1.97 bits per heavy atom. The fourth-order valence-electron chi connectivity index (χ4n) is 3.44. The zero-order chi connectivity index (χ0) is 23.0. The summed E-state index contributed by atoms with van der Waals surface area (Å²) < 4.78 is 24.1. The topological polar surface area (TPSA) is 117 Å². The molecule has 32 heavy (non-hydrogen) atoms. The number of rotatable bonds is 5. The summed E-state index contributed by atoms with van der Waals surface area (Å²) in [7, 11) is -1.38. The largest absolute Gasteiger partial charge is 0.339 e. The van der Waals surface area contributed by atoms with Crippen molar-refractivity contribution < 1.29 is 13.2 Å². The summed E-state index contributed by atoms with van der Waals surface area (Å²) in [6.45, 7) is 5.03. The maximum atomic E-state index is 12.0. The zero-order valence-corrected chi connectivity index (χ0v) is 19.9. The van der Waals surface area contributed by atoms with Crippen LogP contribution >= 0.6 is 11.3 Å². The van der Waals surface area contributed by atoms with Gasteiger partial charge in [0.25, 0.3) is 0 Å². The molecule has 1 amide bonds. The molecule has 168 valence electrons. The van der Waals surface area contributed by atoms with Crippen molar-refractivity contribution in [2.75, 3.05) is 30.5 Å². The monoisotopic (exact) mass is 472 g/mol. The lowest BCUT2D eigenvalue weighted by Crippen LogP contribution is -2.25. The van der Waals surface area contributed by atoms with E-state index < -0.39 is 9.84 Å². The van der Waals surface area contributed by atoms with Crippen LogP contribution in [-0.4, -0.2) is 54.0 Å². The Labute approximate surface area is 190 Å². The molecule has 0 saturated carbocycles. The maximum absolute atomic E-state index is 12.0. The minimum atomic E-state index is -3.47. The van der Waals surface area contributed by atoms with Gasteiger partial charge in [-0.2, -0.15) is 0 Å². The Morgan fingerprint density at radius 1 is 1.19 bits per heavy atom. The minimum absolute atomic E-state index is 0.00885. The molecule has 0 saturated heterocycles. The molecule has 3 aromatic rings. The molecular formula is C21H24N6O3S2. The number of fused-ring (bicyclic) bond motifs is 1. The van der Waals surface area contributed by atoms with Crippen LogP contribution in [0.5, 0.6) is 0 Å². The highest BCUT2D eigenvalue weighted by Crippen LogP contribution is 2.37. The lowest BCUT2D eigenvalue weighted by atomic mass is 10.2. The first-order chi connectivity index (χ1) is 15.1. The van der Waals surface area contributed by atoms with Crippen LogP contribution in [0.25, 0.3) is 10.6 Å². The van der Waals surface area contributed by atoms with Crippen molar-refractivity contribution in [3.05, 3.63) is 40.5 Å². The molecule has 1 aliphatic rings. The van der Waals surface area contributed by atoms with E-state index in [0.29, 0.717) is 17.3 Å². The minimum Gasteiger partial charge on any atom is -0.339 e. The summed E-state index contributed by atoms with van der Waals surface area (Å²) in [4.78, 5) is 28.5. The van der Waals surface area contributed by atoms with Gasteiger partial charge in [-0.15, -0.1) is 11.3 Å². The first-order valence-corrected chi connectivity index (χ1v) is 12.7. The number of amides is 1. The summed E-state index contributed by atoms with van der Waals surface area (Å²) in [5, 5.41) is 6.70. The molecule has 0 radical (unpaired) electrons. The number of nitrogens with one attached hydrogen (secondary N) is 2. The van der Waals surface area contributed by atoms with Gasteiger partial charge >= 0.3 is 0 Å². The van der Waals surface area contributed by atoms with Gasteiger partial charge in [0.15, 0.2) is 14.9 Å². The van der Waals surface area contributed by atoms with Crippen LogP contribution in [0.3, 0.4) is 0 Å². The molecule has 0 fully saturated rings. The van der Waals surface area contributed by atoms with E-state index in [4.69, 9.17) is 4.98 Å². The van der Waals surface area contributed by atoms with Crippen LogP contribution in [0, 0.1) is 6.92 Å². The molecule has 4 rings (SSSR count). The molecule has 0 atom stereocenters. The molecule has 9 nitrogen and oxygen atoms in total. The maximum Gasteiger partial charge on any atom is 0.222 e. The Hall–Kier alpha value is -2.89. The Kier molecular flexibility index (Phi) is 5.97. The fourth-order valence-corrected chi connectivity index (χ4v) is 5.32. The van der Waals surface area contributed by atoms with Crippen LogP contribution < -0.4 is 10.6 Å². The van der Waals surface area contributed by atoms with E-state index in [1.165, 1.54) is 17.9 Å². The summed E-state index contributed by atoms with van der Waals surface area (Å²) in [6, 6.07) is 4.99. The van der Waals surface area contributed by atoms with E-state index in [1.54, 1.807) is 29.7 Å². The highest BCUT2D eigenvalue weighted by molar-refractivity contribution is 7.90. The molecule has 2 N–H and O–H groups in total. The van der Waals surface area contributed by atoms with Gasteiger partial charge in [0, 0.05) is 49.8 Å². The lowest BCUT2D eigenvalue weighted by Gasteiger charge is -2.20. The Bertz CT molecular complexity index is 1300. The smallest absolute Gasteiger partial charge is 0.222 e. The second-order valence-electron chi connectivity index (χ2n) is 7.94. The summed E-state index contributed by atoms with van der Waals surface area (Å²) in [5.74, 6) is 0.519. The molecule has 0 unspecified atom stereocenters. The number of nitrogens with zero attached hydrogens (tertiary/aromatic N) is 4. The predicted molar refractivity (Wildman–Crippen MR) is 125 cm³/mol. The highest BCUT2D eigenvalue weighted by Gasteiger charge is 2.21. The summed E-state index contributed by atoms with van der Waals surface area (Å²) in [5.41, 5.74) is 3.23. The third-order valence-electron chi connectivity index (χ3n) is 4.95. The van der Waals surface area contributed by atoms with Gasteiger partial charge in [-0.25, -0.2) is 23.4 Å². The first kappa shape index (κ1) is 22.3. The van der Waals surface area contributed by atoms with Gasteiger partial charge < -0.3 is 15.5 Å². The number of likely N-dealkylation sites (N-methyl/N-ethyl adjacent to an activating group) is 1. The Balaban J connectivity index is 1.78. The second-order valence-corrected chi connectivity index (χ2v) is 11.0. The van der Waals surface area contributed by atoms with Gasteiger partial charge in [0.1, 0.15) is 16.6 Å². The van der Waals surface area contributed by atoms with Crippen molar-refractivity contribution in [2.45, 2.75) is 31.8 Å². The van der Waals surface area contributed by atoms with Crippen molar-refractivity contribution in [1.29, 1.82) is 0 Å². The molecule has 1 aliphatic heterocycles. The van der Waals surface area contributed by atoms with E-state index in [2.05, 4.69) is 32.5 Å². The van der Waals surface area contributed by atoms with Crippen LogP contribution in [0.15, 0.2) is 29.4 Å². The van der Waals surface area contributed by atoms with E-state index in [9.17, 15) is 13.2 Å². The van der Waals surface area contributed by atoms with E-state index in [0.717, 1.165) is 47.6 Å². The molecule has 3 aromatic heterocycles. The fraction of sp³-hybridized carbons (Fsp3) is 0.333. The molecule has 0 aliphatic carbocycles. The predicted octanol–water partition coefficient (Wildman–Crippen LogP) is 3.00. The normalized spacial score (nSPS) is 14.1. The standard InChI is InChI=1S/C21H24N6O3S2/c1-12-7-19(26-20(8-12)32(4,29)30)24-16-9-18(23-13(2)28)22-10-14(16)21-25-15-5-6-27(3)11-17(15)31-21/h7-10H,5-6,11H2,1-4H3,(H2,22,23,24,26,28). The number of aromatic nitrogens is 3. The third kappa shape index (κ3) is 4.95. The number of hydrogen-bond donors (Lipinski definition) is 2. The number of thiazole rings is 1. The zero-order valence-electron chi connectivity index (χ0n) is 18.3. The average Bonchev–Trinajstić information content (AvgIpc) is 3.09. The molecule has 0 aromatic carbocycles. The summed E-state index contributed by atoms with van der Waals surface area (Å²) in [6.07, 6.45) is 3.68. The number of anilines is 3. The van der Waals surface area contributed by atoms with Crippen molar-refractivity contribution in [3.63, 3.8) is 0 Å². The average molecular weight is 473 g/mol. The van der Waals surface area contributed by atoms with E-state index >= 15 is 0 Å². The highest BCUT2D eigenvalue weighted by atomic mass is 32.2. The van der Waals surface area contributed by atoms with E-state index in [1.807, 2.05) is 6.92 Å². The van der Waals surface area contributed by atoms with Gasteiger partial charge in [-0.1, -0.05) is 0 Å². The van der Waals surface area contributed by atoms with Crippen molar-refractivity contribution in [2.24, 2.45) is 0 Å². The number of aryl methyl sites for hydroxylation is 1. The number of hydrogen-bond acceptors (Lipinski definition) is 9. The third-order valence-corrected chi connectivity index (χ3v) is 7.03. The van der Waals surface area contributed by atoms with Crippen molar-refractivity contribution in [1.82, 2.24) is 19.9 Å². The number of pyridine rings is 2. The van der Waals surface area contributed by atoms with Crippen LogP contribution in [0.4, 0.5) is 17.3 Å². The number of carbonyl (C=O) groups excluding carboxylic acids is 1. The quantitative estimate of drug-likeness (QED) is 0.582. The van der Waals surface area contributed by atoms with Crippen molar-refractivity contribution >= 4 is 44.4 Å². The number of sulfone groups is 1. The second kappa shape index (κ2) is 8.57. The van der Waals surface area contributed by atoms with Gasteiger partial charge in [-0.05, 0) is 31.7 Å². The molecule has 0 bridgehead atoms. The van der Waals surface area contributed by atoms with Crippen LogP contribution in [0.2, 0.25) is 0 Å². The molecular weight excluding hydrogens is 448 g/mol.